The smallest absolute Gasteiger partial charge is 0.255 e. The summed E-state index contributed by atoms with van der Waals surface area (Å²) in [5, 5.41) is 0. The fourth-order valence-corrected chi connectivity index (χ4v) is 2.24. The van der Waals surface area contributed by atoms with Gasteiger partial charge in [0.2, 0.25) is 0 Å². The Morgan fingerprint density at radius 3 is 2.76 bits per heavy atom. The Hall–Kier alpha value is -0.790. The van der Waals surface area contributed by atoms with Crippen molar-refractivity contribution in [3.05, 3.63) is 32.7 Å². The van der Waals surface area contributed by atoms with Crippen LogP contribution in [0.4, 0.5) is 0 Å². The normalized spacial score (nSPS) is 9.76. The van der Waals surface area contributed by atoms with Crippen LogP contribution in [0.15, 0.2) is 27.1 Å². The van der Waals surface area contributed by atoms with Crippen molar-refractivity contribution < 1.29 is 4.79 Å². The summed E-state index contributed by atoms with van der Waals surface area (Å²) in [5.74, 6) is 2.47. The second kappa shape index (κ2) is 6.83. The van der Waals surface area contributed by atoms with Crippen LogP contribution in [-0.2, 0) is 0 Å². The number of hydrogen-bond donors (Lipinski definition) is 0. The monoisotopic (exact) mass is 357 g/mol. The van der Waals surface area contributed by atoms with E-state index in [9.17, 15) is 4.79 Å². The Labute approximate surface area is 119 Å². The average Bonchev–Trinajstić information content (AvgIpc) is 2.31. The molecule has 1 aromatic carbocycles. The van der Waals surface area contributed by atoms with Gasteiger partial charge < -0.3 is 4.90 Å². The maximum absolute atomic E-state index is 12.3. The highest BCUT2D eigenvalue weighted by molar-refractivity contribution is 9.11. The lowest BCUT2D eigenvalue weighted by atomic mass is 10.2. The average molecular weight is 359 g/mol. The molecule has 0 N–H and O–H groups in total. The van der Waals surface area contributed by atoms with Gasteiger partial charge in [0.15, 0.2) is 0 Å². The van der Waals surface area contributed by atoms with Crippen molar-refractivity contribution in [1.82, 2.24) is 4.90 Å². The van der Waals surface area contributed by atoms with E-state index in [0.29, 0.717) is 18.7 Å². The van der Waals surface area contributed by atoms with Crippen LogP contribution in [0, 0.1) is 12.3 Å². The molecule has 4 heteroatoms. The molecule has 2 nitrogen and oxygen atoms in total. The number of amides is 1. The first-order chi connectivity index (χ1) is 8.10. The molecule has 1 amide bonds. The number of carbonyl (C=O) groups excluding carboxylic acids is 1. The van der Waals surface area contributed by atoms with Crippen LogP contribution in [0.25, 0.3) is 0 Å². The number of rotatable bonds is 4. The van der Waals surface area contributed by atoms with Gasteiger partial charge in [0, 0.05) is 15.5 Å². The number of carbonyl (C=O) groups is 1. The second-order valence-electron chi connectivity index (χ2n) is 3.56. The van der Waals surface area contributed by atoms with Crippen LogP contribution in [-0.4, -0.2) is 23.9 Å². The summed E-state index contributed by atoms with van der Waals surface area (Å²) in [5.41, 5.74) is 0.628. The van der Waals surface area contributed by atoms with Gasteiger partial charge in [-0.05, 0) is 40.5 Å². The van der Waals surface area contributed by atoms with Crippen molar-refractivity contribution in [3.8, 4) is 12.3 Å². The molecule has 1 aromatic rings. The fourth-order valence-electron chi connectivity index (χ4n) is 1.46. The minimum atomic E-state index is -0.0435. The molecule has 90 valence electrons. The number of terminal acetylenes is 1. The van der Waals surface area contributed by atoms with Gasteiger partial charge in [-0.2, -0.15) is 0 Å². The number of halogens is 2. The first kappa shape index (κ1) is 14.3. The van der Waals surface area contributed by atoms with Gasteiger partial charge in [0.1, 0.15) is 0 Å². The highest BCUT2D eigenvalue weighted by Crippen LogP contribution is 2.23. The second-order valence-corrected chi connectivity index (χ2v) is 5.33. The van der Waals surface area contributed by atoms with E-state index in [0.717, 1.165) is 15.4 Å². The minimum Gasteiger partial charge on any atom is -0.327 e. The summed E-state index contributed by atoms with van der Waals surface area (Å²) in [4.78, 5) is 14.0. The molecule has 0 spiro atoms. The molecule has 0 aliphatic heterocycles. The predicted octanol–water partition coefficient (Wildman–Crippen LogP) is 3.70. The largest absolute Gasteiger partial charge is 0.327 e. The Bertz CT molecular complexity index is 451. The van der Waals surface area contributed by atoms with Gasteiger partial charge in [-0.3, -0.25) is 4.79 Å². The Morgan fingerprint density at radius 2 is 2.18 bits per heavy atom. The van der Waals surface area contributed by atoms with Gasteiger partial charge in [0.25, 0.3) is 5.91 Å². The van der Waals surface area contributed by atoms with Crippen molar-refractivity contribution in [2.75, 3.05) is 13.1 Å². The third-order valence-electron chi connectivity index (χ3n) is 2.22. The zero-order valence-corrected chi connectivity index (χ0v) is 12.7. The van der Waals surface area contributed by atoms with Crippen LogP contribution in [0.3, 0.4) is 0 Å². The van der Waals surface area contributed by atoms with E-state index in [-0.39, 0.29) is 5.91 Å². The first-order valence-electron chi connectivity index (χ1n) is 5.28. The quantitative estimate of drug-likeness (QED) is 0.751. The maximum Gasteiger partial charge on any atom is 0.255 e. The molecule has 0 radical (unpaired) electrons. The number of benzene rings is 1. The Morgan fingerprint density at radius 1 is 1.47 bits per heavy atom. The lowest BCUT2D eigenvalue weighted by Crippen LogP contribution is -2.32. The van der Waals surface area contributed by atoms with Gasteiger partial charge >= 0.3 is 0 Å². The van der Waals surface area contributed by atoms with Crippen LogP contribution >= 0.6 is 31.9 Å². The van der Waals surface area contributed by atoms with Crippen LogP contribution in [0.1, 0.15) is 23.7 Å². The predicted molar refractivity (Wildman–Crippen MR) is 76.9 cm³/mol. The topological polar surface area (TPSA) is 20.3 Å². The van der Waals surface area contributed by atoms with Gasteiger partial charge in [-0.1, -0.05) is 28.8 Å². The molecule has 0 heterocycles. The van der Waals surface area contributed by atoms with Crippen molar-refractivity contribution >= 4 is 37.8 Å². The van der Waals surface area contributed by atoms with Gasteiger partial charge in [-0.15, -0.1) is 6.42 Å². The molecule has 0 saturated carbocycles. The summed E-state index contributed by atoms with van der Waals surface area (Å²) < 4.78 is 1.66. The van der Waals surface area contributed by atoms with E-state index in [1.807, 2.05) is 19.1 Å². The Kier molecular flexibility index (Phi) is 5.73. The van der Waals surface area contributed by atoms with Crippen molar-refractivity contribution in [3.63, 3.8) is 0 Å². The van der Waals surface area contributed by atoms with Crippen molar-refractivity contribution in [2.45, 2.75) is 13.3 Å². The molecule has 17 heavy (non-hydrogen) atoms. The SMILES string of the molecule is C#CCN(CCC)C(=O)c1cc(Br)ccc1Br. The van der Waals surface area contributed by atoms with Crippen LogP contribution in [0.2, 0.25) is 0 Å². The summed E-state index contributed by atoms with van der Waals surface area (Å²) in [6, 6.07) is 5.52. The van der Waals surface area contributed by atoms with E-state index in [1.54, 1.807) is 11.0 Å². The summed E-state index contributed by atoms with van der Waals surface area (Å²) >= 11 is 6.74. The molecule has 0 fully saturated rings. The van der Waals surface area contributed by atoms with E-state index < -0.39 is 0 Å². The zero-order chi connectivity index (χ0) is 12.8. The van der Waals surface area contributed by atoms with E-state index in [1.165, 1.54) is 0 Å². The number of nitrogens with zero attached hydrogens (tertiary/aromatic N) is 1. The molecule has 0 bridgehead atoms. The first-order valence-corrected chi connectivity index (χ1v) is 6.86. The molecule has 0 aliphatic carbocycles. The van der Waals surface area contributed by atoms with Gasteiger partial charge in [0.05, 0.1) is 12.1 Å². The summed E-state index contributed by atoms with van der Waals surface area (Å²) in [6.45, 7) is 3.03. The molecule has 0 aliphatic rings. The minimum absolute atomic E-state index is 0.0435. The highest BCUT2D eigenvalue weighted by atomic mass is 79.9. The summed E-state index contributed by atoms with van der Waals surface area (Å²) in [6.07, 6.45) is 6.17. The van der Waals surface area contributed by atoms with Gasteiger partial charge in [-0.25, -0.2) is 0 Å². The van der Waals surface area contributed by atoms with E-state index >= 15 is 0 Å². The molecule has 0 saturated heterocycles. The van der Waals surface area contributed by atoms with E-state index in [4.69, 9.17) is 6.42 Å². The van der Waals surface area contributed by atoms with Crippen LogP contribution in [0.5, 0.6) is 0 Å². The third kappa shape index (κ3) is 3.86. The molecule has 0 unspecified atom stereocenters. The Balaban J connectivity index is 3.00. The third-order valence-corrected chi connectivity index (χ3v) is 3.41. The zero-order valence-electron chi connectivity index (χ0n) is 9.54. The van der Waals surface area contributed by atoms with Crippen molar-refractivity contribution in [2.24, 2.45) is 0 Å². The molecular formula is C13H13Br2NO. The molecule has 1 rings (SSSR count). The lowest BCUT2D eigenvalue weighted by molar-refractivity contribution is 0.0776. The van der Waals surface area contributed by atoms with Crippen molar-refractivity contribution in [1.29, 1.82) is 0 Å². The highest BCUT2D eigenvalue weighted by Gasteiger charge is 2.16. The fraction of sp³-hybridized carbons (Fsp3) is 0.308. The van der Waals surface area contributed by atoms with E-state index in [2.05, 4.69) is 37.8 Å². The van der Waals surface area contributed by atoms with Crippen LogP contribution < -0.4 is 0 Å². The lowest BCUT2D eigenvalue weighted by Gasteiger charge is -2.20. The molecular weight excluding hydrogens is 346 g/mol. The molecule has 0 aromatic heterocycles. The standard InChI is InChI=1S/C13H13Br2NO/c1-3-7-16(8-4-2)13(17)11-9-10(14)5-6-12(11)15/h1,5-6,9H,4,7-8H2,2H3. The molecule has 0 atom stereocenters. The summed E-state index contributed by atoms with van der Waals surface area (Å²) in [7, 11) is 0. The number of hydrogen-bond acceptors (Lipinski definition) is 1. The maximum atomic E-state index is 12.3.